The van der Waals surface area contributed by atoms with Crippen molar-refractivity contribution in [3.8, 4) is 0 Å². The van der Waals surface area contributed by atoms with E-state index in [1.54, 1.807) is 30.5 Å². The molecule has 0 saturated carbocycles. The first-order valence-corrected chi connectivity index (χ1v) is 8.72. The lowest BCUT2D eigenvalue weighted by Crippen LogP contribution is -2.32. The van der Waals surface area contributed by atoms with Crippen LogP contribution < -0.4 is 10.0 Å². The summed E-state index contributed by atoms with van der Waals surface area (Å²) in [7, 11) is -3.58. The lowest BCUT2D eigenvalue weighted by Gasteiger charge is -2.13. The summed E-state index contributed by atoms with van der Waals surface area (Å²) < 4.78 is 26.4. The van der Waals surface area contributed by atoms with E-state index in [0.29, 0.717) is 0 Å². The van der Waals surface area contributed by atoms with E-state index in [2.05, 4.69) is 15.0 Å². The highest BCUT2D eigenvalue weighted by molar-refractivity contribution is 7.89. The molecule has 0 spiro atoms. The second kappa shape index (κ2) is 7.85. The third kappa shape index (κ3) is 5.15. The Morgan fingerprint density at radius 3 is 2.48 bits per heavy atom. The highest BCUT2D eigenvalue weighted by Crippen LogP contribution is 2.09. The van der Waals surface area contributed by atoms with Crippen molar-refractivity contribution in [2.24, 2.45) is 0 Å². The van der Waals surface area contributed by atoms with Crippen LogP contribution in [0, 0.1) is 0 Å². The molecule has 0 aliphatic heterocycles. The van der Waals surface area contributed by atoms with E-state index in [0.717, 1.165) is 5.69 Å². The maximum atomic E-state index is 12.0. The van der Waals surface area contributed by atoms with Gasteiger partial charge in [-0.2, -0.15) is 0 Å². The van der Waals surface area contributed by atoms with Crippen LogP contribution in [0.1, 0.15) is 25.1 Å². The van der Waals surface area contributed by atoms with Gasteiger partial charge in [-0.25, -0.2) is 13.1 Å². The summed E-state index contributed by atoms with van der Waals surface area (Å²) in [5.41, 5.74) is 0.755. The average molecular weight is 333 g/mol. The van der Waals surface area contributed by atoms with Crippen molar-refractivity contribution in [3.05, 3.63) is 60.4 Å². The Morgan fingerprint density at radius 2 is 1.83 bits per heavy atom. The Hall–Kier alpha value is -2.25. The molecule has 6 nitrogen and oxygen atoms in total. The predicted molar refractivity (Wildman–Crippen MR) is 87.0 cm³/mol. The number of aromatic nitrogens is 1. The van der Waals surface area contributed by atoms with Crippen LogP contribution in [0.4, 0.5) is 0 Å². The number of carbonyl (C=O) groups is 1. The molecule has 0 aliphatic carbocycles. The highest BCUT2D eigenvalue weighted by Gasteiger charge is 2.14. The second-order valence-corrected chi connectivity index (χ2v) is 6.77. The summed E-state index contributed by atoms with van der Waals surface area (Å²) in [6, 6.07) is 13.3. The fourth-order valence-electron chi connectivity index (χ4n) is 2.00. The number of hydrogen-bond donors (Lipinski definition) is 2. The van der Waals surface area contributed by atoms with Crippen LogP contribution in [0.3, 0.4) is 0 Å². The summed E-state index contributed by atoms with van der Waals surface area (Å²) >= 11 is 0. The molecule has 0 saturated heterocycles. The molecule has 0 bridgehead atoms. The molecule has 1 unspecified atom stereocenters. The molecule has 1 aromatic heterocycles. The Morgan fingerprint density at radius 1 is 1.13 bits per heavy atom. The molecular weight excluding hydrogens is 314 g/mol. The first-order valence-electron chi connectivity index (χ1n) is 7.24. The smallest absolute Gasteiger partial charge is 0.240 e. The maximum Gasteiger partial charge on any atom is 0.240 e. The van der Waals surface area contributed by atoms with Crippen LogP contribution in [0.15, 0.2) is 59.6 Å². The van der Waals surface area contributed by atoms with E-state index in [1.165, 1.54) is 12.1 Å². The van der Waals surface area contributed by atoms with Gasteiger partial charge in [0.25, 0.3) is 0 Å². The van der Waals surface area contributed by atoms with Gasteiger partial charge in [0.2, 0.25) is 15.9 Å². The maximum absolute atomic E-state index is 12.0. The number of nitrogens with zero attached hydrogens (tertiary/aromatic N) is 1. The second-order valence-electron chi connectivity index (χ2n) is 5.00. The summed E-state index contributed by atoms with van der Waals surface area (Å²) in [6.07, 6.45) is 1.72. The molecule has 1 amide bonds. The molecule has 1 heterocycles. The fraction of sp³-hybridized carbons (Fsp3) is 0.250. The van der Waals surface area contributed by atoms with E-state index in [4.69, 9.17) is 0 Å². The zero-order valence-electron chi connectivity index (χ0n) is 12.8. The third-order valence-corrected chi connectivity index (χ3v) is 4.68. The Kier molecular flexibility index (Phi) is 5.84. The molecule has 122 valence electrons. The number of benzene rings is 1. The van der Waals surface area contributed by atoms with Gasteiger partial charge in [-0.05, 0) is 31.2 Å². The number of carbonyl (C=O) groups excluding carboxylic acids is 1. The van der Waals surface area contributed by atoms with Gasteiger partial charge in [0, 0.05) is 19.2 Å². The predicted octanol–water partition coefficient (Wildman–Crippen LogP) is 1.63. The number of hydrogen-bond acceptors (Lipinski definition) is 4. The lowest BCUT2D eigenvalue weighted by atomic mass is 10.2. The van der Waals surface area contributed by atoms with Gasteiger partial charge in [0.1, 0.15) is 0 Å². The van der Waals surface area contributed by atoms with E-state index in [9.17, 15) is 13.2 Å². The number of sulfonamides is 1. The van der Waals surface area contributed by atoms with Crippen LogP contribution in [-0.4, -0.2) is 25.9 Å². The quantitative estimate of drug-likeness (QED) is 0.806. The van der Waals surface area contributed by atoms with Crippen LogP contribution in [0.25, 0.3) is 0 Å². The summed E-state index contributed by atoms with van der Waals surface area (Å²) in [5, 5.41) is 2.79. The molecule has 2 rings (SSSR count). The number of pyridine rings is 1. The lowest BCUT2D eigenvalue weighted by molar-refractivity contribution is -0.121. The van der Waals surface area contributed by atoms with Crippen LogP contribution >= 0.6 is 0 Å². The average Bonchev–Trinajstić information content (AvgIpc) is 2.56. The SMILES string of the molecule is CC(NC(=O)CCNS(=O)(=O)c1ccccc1)c1ccccn1. The molecule has 7 heteroatoms. The largest absolute Gasteiger partial charge is 0.348 e. The molecule has 2 N–H and O–H groups in total. The van der Waals surface area contributed by atoms with Gasteiger partial charge in [-0.15, -0.1) is 0 Å². The van der Waals surface area contributed by atoms with Gasteiger partial charge in [0.05, 0.1) is 16.6 Å². The van der Waals surface area contributed by atoms with Crippen molar-refractivity contribution in [2.45, 2.75) is 24.3 Å². The van der Waals surface area contributed by atoms with Gasteiger partial charge in [0.15, 0.2) is 0 Å². The molecule has 1 aromatic carbocycles. The van der Waals surface area contributed by atoms with Gasteiger partial charge < -0.3 is 5.32 Å². The summed E-state index contributed by atoms with van der Waals surface area (Å²) in [4.78, 5) is 16.2. The zero-order chi connectivity index (χ0) is 16.7. The minimum Gasteiger partial charge on any atom is -0.348 e. The number of rotatable bonds is 7. The third-order valence-electron chi connectivity index (χ3n) is 3.21. The minimum atomic E-state index is -3.58. The fourth-order valence-corrected chi connectivity index (χ4v) is 3.05. The van der Waals surface area contributed by atoms with Crippen molar-refractivity contribution >= 4 is 15.9 Å². The monoisotopic (exact) mass is 333 g/mol. The molecule has 23 heavy (non-hydrogen) atoms. The Bertz CT molecular complexity index is 734. The Balaban J connectivity index is 1.81. The number of amides is 1. The normalized spacial score (nSPS) is 12.6. The van der Waals surface area contributed by atoms with Crippen molar-refractivity contribution in [1.29, 1.82) is 0 Å². The molecule has 1 atom stereocenters. The zero-order valence-corrected chi connectivity index (χ0v) is 13.6. The van der Waals surface area contributed by atoms with Crippen molar-refractivity contribution in [1.82, 2.24) is 15.0 Å². The molecule has 0 radical (unpaired) electrons. The van der Waals surface area contributed by atoms with Crippen LogP contribution in [-0.2, 0) is 14.8 Å². The first-order chi connectivity index (χ1) is 11.0. The van der Waals surface area contributed by atoms with E-state index in [-0.39, 0.29) is 29.8 Å². The van der Waals surface area contributed by atoms with Crippen molar-refractivity contribution < 1.29 is 13.2 Å². The van der Waals surface area contributed by atoms with Gasteiger partial charge in [-0.1, -0.05) is 24.3 Å². The van der Waals surface area contributed by atoms with E-state index >= 15 is 0 Å². The standard InChI is InChI=1S/C16H19N3O3S/c1-13(15-9-5-6-11-17-15)19-16(20)10-12-18-23(21,22)14-7-3-2-4-8-14/h2-9,11,13,18H,10,12H2,1H3,(H,19,20). The molecule has 0 fully saturated rings. The van der Waals surface area contributed by atoms with E-state index < -0.39 is 10.0 Å². The van der Waals surface area contributed by atoms with Gasteiger partial charge >= 0.3 is 0 Å². The van der Waals surface area contributed by atoms with Crippen LogP contribution in [0.5, 0.6) is 0 Å². The Labute approximate surface area is 136 Å². The van der Waals surface area contributed by atoms with Crippen molar-refractivity contribution in [2.75, 3.05) is 6.54 Å². The summed E-state index contributed by atoms with van der Waals surface area (Å²) in [5.74, 6) is -0.237. The molecule has 2 aromatic rings. The van der Waals surface area contributed by atoms with Crippen molar-refractivity contribution in [3.63, 3.8) is 0 Å². The molecule has 0 aliphatic rings. The minimum absolute atomic E-state index is 0.0397. The highest BCUT2D eigenvalue weighted by atomic mass is 32.2. The number of nitrogens with one attached hydrogen (secondary N) is 2. The van der Waals surface area contributed by atoms with E-state index in [1.807, 2.05) is 19.1 Å². The molecular formula is C16H19N3O3S. The summed E-state index contributed by atoms with van der Waals surface area (Å²) in [6.45, 7) is 1.87. The van der Waals surface area contributed by atoms with Crippen LogP contribution in [0.2, 0.25) is 0 Å². The first kappa shape index (κ1) is 17.1. The van der Waals surface area contributed by atoms with Gasteiger partial charge in [-0.3, -0.25) is 9.78 Å². The topological polar surface area (TPSA) is 88.2 Å².